The molecule has 0 unspecified atom stereocenters. The van der Waals surface area contributed by atoms with E-state index in [-0.39, 0.29) is 11.3 Å². The maximum absolute atomic E-state index is 10.6. The third kappa shape index (κ3) is 3.26. The van der Waals surface area contributed by atoms with Crippen LogP contribution in [-0.4, -0.2) is 34.2 Å². The molecule has 2 heterocycles. The summed E-state index contributed by atoms with van der Waals surface area (Å²) in [5.41, 5.74) is 8.58. The Morgan fingerprint density at radius 3 is 2.59 bits per heavy atom. The van der Waals surface area contributed by atoms with Gasteiger partial charge < -0.3 is 15.7 Å². The van der Waals surface area contributed by atoms with E-state index < -0.39 is 0 Å². The number of anilines is 1. The first-order chi connectivity index (χ1) is 12.9. The molecule has 0 amide bonds. The second kappa shape index (κ2) is 7.12. The lowest BCUT2D eigenvalue weighted by atomic mass is 9.74. The summed E-state index contributed by atoms with van der Waals surface area (Å²) in [6, 6.07) is 5.66. The lowest BCUT2D eigenvalue weighted by Gasteiger charge is -2.42. The SMILES string of the molecule is Cc1nc(N2CCC3(CCC[C@H]3N)CC2)c(O)nc1-c1cccc(Cl)c1Cl. The lowest BCUT2D eigenvalue weighted by molar-refractivity contribution is 0.197. The number of hydrogen-bond donors (Lipinski definition) is 2. The molecule has 0 radical (unpaired) electrons. The van der Waals surface area contributed by atoms with Crippen LogP contribution < -0.4 is 10.6 Å². The summed E-state index contributed by atoms with van der Waals surface area (Å²) < 4.78 is 0. The Morgan fingerprint density at radius 1 is 1.19 bits per heavy atom. The largest absolute Gasteiger partial charge is 0.491 e. The van der Waals surface area contributed by atoms with E-state index in [9.17, 15) is 5.11 Å². The maximum atomic E-state index is 10.6. The zero-order valence-corrected chi connectivity index (χ0v) is 16.9. The lowest BCUT2D eigenvalue weighted by Crippen LogP contribution is -2.47. The zero-order valence-electron chi connectivity index (χ0n) is 15.4. The van der Waals surface area contributed by atoms with Gasteiger partial charge in [-0.15, -0.1) is 0 Å². The smallest absolute Gasteiger partial charge is 0.255 e. The molecular formula is C20H24Cl2N4O. The molecule has 5 nitrogen and oxygen atoms in total. The summed E-state index contributed by atoms with van der Waals surface area (Å²) in [5.74, 6) is 0.467. The van der Waals surface area contributed by atoms with Crippen molar-refractivity contribution in [3.8, 4) is 17.1 Å². The third-order valence-corrected chi connectivity index (χ3v) is 7.09. The van der Waals surface area contributed by atoms with Crippen LogP contribution in [0.1, 0.15) is 37.8 Å². The molecule has 4 rings (SSSR count). The average Bonchev–Trinajstić information content (AvgIpc) is 3.00. The van der Waals surface area contributed by atoms with Gasteiger partial charge in [-0.05, 0) is 44.1 Å². The fraction of sp³-hybridized carbons (Fsp3) is 0.500. The Morgan fingerprint density at radius 2 is 1.93 bits per heavy atom. The minimum atomic E-state index is -0.0710. The van der Waals surface area contributed by atoms with Gasteiger partial charge in [-0.1, -0.05) is 41.8 Å². The molecular weight excluding hydrogens is 383 g/mol. The summed E-state index contributed by atoms with van der Waals surface area (Å²) >= 11 is 12.4. The van der Waals surface area contributed by atoms with Crippen LogP contribution in [0.25, 0.3) is 11.3 Å². The number of halogens is 2. The Bertz CT molecular complexity index is 865. The van der Waals surface area contributed by atoms with Crippen molar-refractivity contribution in [2.75, 3.05) is 18.0 Å². The van der Waals surface area contributed by atoms with Gasteiger partial charge in [0.1, 0.15) is 0 Å². The van der Waals surface area contributed by atoms with Crippen LogP contribution in [0, 0.1) is 12.3 Å². The third-order valence-electron chi connectivity index (χ3n) is 6.28. The second-order valence-corrected chi connectivity index (χ2v) is 8.54. The molecule has 0 bridgehead atoms. The van der Waals surface area contributed by atoms with Gasteiger partial charge in [0.25, 0.3) is 5.88 Å². The molecule has 144 valence electrons. The molecule has 2 aromatic rings. The molecule has 7 heteroatoms. The van der Waals surface area contributed by atoms with E-state index in [1.807, 2.05) is 19.1 Å². The van der Waals surface area contributed by atoms with Crippen molar-refractivity contribution in [1.82, 2.24) is 9.97 Å². The molecule has 1 aromatic carbocycles. The van der Waals surface area contributed by atoms with Crippen LogP contribution in [0.15, 0.2) is 18.2 Å². The number of aromatic hydroxyl groups is 1. The van der Waals surface area contributed by atoms with E-state index in [0.717, 1.165) is 32.4 Å². The van der Waals surface area contributed by atoms with Crippen LogP contribution in [0.3, 0.4) is 0 Å². The van der Waals surface area contributed by atoms with Gasteiger partial charge in [0.15, 0.2) is 5.82 Å². The molecule has 1 saturated heterocycles. The molecule has 2 aliphatic rings. The van der Waals surface area contributed by atoms with Crippen LogP contribution in [0.2, 0.25) is 10.0 Å². The van der Waals surface area contributed by atoms with E-state index in [4.69, 9.17) is 28.9 Å². The predicted molar refractivity (Wildman–Crippen MR) is 110 cm³/mol. The second-order valence-electron chi connectivity index (χ2n) is 7.75. The summed E-state index contributed by atoms with van der Waals surface area (Å²) in [4.78, 5) is 11.2. The highest BCUT2D eigenvalue weighted by molar-refractivity contribution is 6.43. The monoisotopic (exact) mass is 406 g/mol. The van der Waals surface area contributed by atoms with E-state index in [0.29, 0.717) is 38.9 Å². The average molecular weight is 407 g/mol. The van der Waals surface area contributed by atoms with Crippen molar-refractivity contribution in [3.05, 3.63) is 33.9 Å². The Labute approximate surface area is 169 Å². The van der Waals surface area contributed by atoms with Gasteiger partial charge in [-0.2, -0.15) is 0 Å². The first-order valence-corrected chi connectivity index (χ1v) is 10.2. The number of aryl methyl sites for hydroxylation is 1. The fourth-order valence-corrected chi connectivity index (χ4v) is 4.99. The predicted octanol–water partition coefficient (Wildman–Crippen LogP) is 4.56. The highest BCUT2D eigenvalue weighted by Gasteiger charge is 2.43. The summed E-state index contributed by atoms with van der Waals surface area (Å²) in [7, 11) is 0. The summed E-state index contributed by atoms with van der Waals surface area (Å²) in [5, 5.41) is 11.4. The Balaban J connectivity index is 1.61. The van der Waals surface area contributed by atoms with Gasteiger partial charge in [-0.25, -0.2) is 9.97 Å². The molecule has 1 atom stereocenters. The van der Waals surface area contributed by atoms with Crippen LogP contribution in [0.4, 0.5) is 5.82 Å². The number of rotatable bonds is 2. The van der Waals surface area contributed by atoms with Crippen LogP contribution >= 0.6 is 23.2 Å². The van der Waals surface area contributed by atoms with Crippen LogP contribution in [-0.2, 0) is 0 Å². The van der Waals surface area contributed by atoms with E-state index >= 15 is 0 Å². The number of piperidine rings is 1. The van der Waals surface area contributed by atoms with Gasteiger partial charge in [0.05, 0.1) is 21.4 Å². The number of hydrogen-bond acceptors (Lipinski definition) is 5. The van der Waals surface area contributed by atoms with Crippen molar-refractivity contribution < 1.29 is 5.11 Å². The van der Waals surface area contributed by atoms with Crippen molar-refractivity contribution in [2.24, 2.45) is 11.1 Å². The normalized spacial score (nSPS) is 21.8. The van der Waals surface area contributed by atoms with Gasteiger partial charge in [0, 0.05) is 24.7 Å². The molecule has 1 saturated carbocycles. The number of aromatic nitrogens is 2. The van der Waals surface area contributed by atoms with Crippen molar-refractivity contribution in [2.45, 2.75) is 45.1 Å². The van der Waals surface area contributed by atoms with Crippen LogP contribution in [0.5, 0.6) is 5.88 Å². The van der Waals surface area contributed by atoms with E-state index in [2.05, 4.69) is 14.9 Å². The highest BCUT2D eigenvalue weighted by atomic mass is 35.5. The number of nitrogens with two attached hydrogens (primary N) is 1. The van der Waals surface area contributed by atoms with E-state index in [1.165, 1.54) is 12.8 Å². The van der Waals surface area contributed by atoms with E-state index in [1.54, 1.807) is 6.07 Å². The van der Waals surface area contributed by atoms with Gasteiger partial charge in [0.2, 0.25) is 0 Å². The maximum Gasteiger partial charge on any atom is 0.255 e. The molecule has 1 aromatic heterocycles. The van der Waals surface area contributed by atoms with Crippen molar-refractivity contribution in [3.63, 3.8) is 0 Å². The molecule has 1 spiro atoms. The standard InChI is InChI=1S/C20H24Cl2N4O/c1-12-17(13-4-2-5-14(21)16(13)22)25-19(27)18(24-12)26-10-8-20(9-11-26)7-3-6-15(20)23/h2,4-5,15H,3,6-11,23H2,1H3,(H,25,27)/t15-/m1/s1. The number of benzene rings is 1. The molecule has 1 aliphatic carbocycles. The van der Waals surface area contributed by atoms with Gasteiger partial charge >= 0.3 is 0 Å². The first kappa shape index (κ1) is 18.8. The van der Waals surface area contributed by atoms with Crippen molar-refractivity contribution >= 4 is 29.0 Å². The molecule has 1 aliphatic heterocycles. The quantitative estimate of drug-likeness (QED) is 0.763. The van der Waals surface area contributed by atoms with Crippen molar-refractivity contribution in [1.29, 1.82) is 0 Å². The summed E-state index contributed by atoms with van der Waals surface area (Å²) in [6.07, 6.45) is 5.64. The molecule has 27 heavy (non-hydrogen) atoms. The molecule has 3 N–H and O–H groups in total. The fourth-order valence-electron chi connectivity index (χ4n) is 4.60. The zero-order chi connectivity index (χ0) is 19.2. The van der Waals surface area contributed by atoms with Gasteiger partial charge in [-0.3, -0.25) is 0 Å². The topological polar surface area (TPSA) is 75.3 Å². The first-order valence-electron chi connectivity index (χ1n) is 9.44. The minimum absolute atomic E-state index is 0.0710. The molecule has 2 fully saturated rings. The highest BCUT2D eigenvalue weighted by Crippen LogP contribution is 2.46. The Kier molecular flexibility index (Phi) is 4.95. The summed E-state index contributed by atoms with van der Waals surface area (Å²) in [6.45, 7) is 3.56. The minimum Gasteiger partial charge on any atom is -0.491 e. The number of nitrogens with zero attached hydrogens (tertiary/aromatic N) is 3. The Hall–Kier alpha value is -1.56.